The Labute approximate surface area is 57.6 Å². The van der Waals surface area contributed by atoms with Crippen LogP contribution in [0.15, 0.2) is 0 Å². The first-order chi connectivity index (χ1) is 4.72. The van der Waals surface area contributed by atoms with Crippen molar-refractivity contribution in [2.45, 2.75) is 18.3 Å². The topological polar surface area (TPSA) is 20.2 Å². The highest BCUT2D eigenvalue weighted by Crippen LogP contribution is 2.34. The van der Waals surface area contributed by atoms with Gasteiger partial charge in [0.05, 0.1) is 0 Å². The van der Waals surface area contributed by atoms with Gasteiger partial charge in [-0.15, -0.1) is 0 Å². The summed E-state index contributed by atoms with van der Waals surface area (Å²) in [6.07, 6.45) is -9.94. The second-order valence-corrected chi connectivity index (χ2v) is 1.82. The Bertz CT molecular complexity index is 129. The predicted molar refractivity (Wildman–Crippen MR) is 23.0 cm³/mol. The number of hydrogen-bond donors (Lipinski definition) is 1. The van der Waals surface area contributed by atoms with Gasteiger partial charge in [-0.3, -0.25) is 0 Å². The number of rotatable bonds is 2. The monoisotopic (exact) mass is 182 g/mol. The summed E-state index contributed by atoms with van der Waals surface area (Å²) in [5, 5.41) is 7.64. The average Bonchev–Trinajstić information content (AvgIpc) is 1.84. The maximum absolute atomic E-state index is 11.7. The van der Waals surface area contributed by atoms with Crippen molar-refractivity contribution >= 4 is 0 Å². The van der Waals surface area contributed by atoms with E-state index >= 15 is 0 Å². The maximum atomic E-state index is 11.7. The fraction of sp³-hybridized carbons (Fsp3) is 1.00. The fourth-order valence-electron chi connectivity index (χ4n) is 0.320. The van der Waals surface area contributed by atoms with Crippen molar-refractivity contribution in [3.8, 4) is 0 Å². The minimum atomic E-state index is -5.63. The number of aliphatic hydroxyl groups is 1. The van der Waals surface area contributed by atoms with Crippen LogP contribution in [0.3, 0.4) is 0 Å². The van der Waals surface area contributed by atoms with Crippen molar-refractivity contribution in [3.63, 3.8) is 0 Å². The summed E-state index contributed by atoms with van der Waals surface area (Å²) in [4.78, 5) is 0. The SMILES string of the molecule is OCC(F)(F)[C@@H](F)C(F)(F)F. The van der Waals surface area contributed by atoms with Gasteiger partial charge in [-0.1, -0.05) is 0 Å². The van der Waals surface area contributed by atoms with E-state index in [1.165, 1.54) is 0 Å². The molecule has 1 nitrogen and oxygen atoms in total. The molecule has 0 aromatic rings. The minimum absolute atomic E-state index is 2.16. The van der Waals surface area contributed by atoms with E-state index in [1.54, 1.807) is 0 Å². The third kappa shape index (κ3) is 2.57. The normalized spacial score (nSPS) is 16.6. The van der Waals surface area contributed by atoms with Crippen molar-refractivity contribution in [2.24, 2.45) is 0 Å². The summed E-state index contributed by atoms with van der Waals surface area (Å²) in [7, 11) is 0. The van der Waals surface area contributed by atoms with Crippen LogP contribution in [-0.4, -0.2) is 30.0 Å². The first kappa shape index (κ1) is 10.5. The molecule has 11 heavy (non-hydrogen) atoms. The van der Waals surface area contributed by atoms with Crippen LogP contribution in [0.2, 0.25) is 0 Å². The number of hydrogen-bond acceptors (Lipinski definition) is 1. The molecule has 7 heteroatoms. The zero-order valence-electron chi connectivity index (χ0n) is 5.00. The van der Waals surface area contributed by atoms with Crippen LogP contribution in [0, 0.1) is 0 Å². The standard InChI is InChI=1S/C4H4F6O/c5-2(4(8,9)10)3(6,7)1-11/h2,11H,1H2/t2-/m1/s1. The highest BCUT2D eigenvalue weighted by atomic mass is 19.4. The Kier molecular flexibility index (Phi) is 2.76. The second-order valence-electron chi connectivity index (χ2n) is 1.82. The predicted octanol–water partition coefficient (Wildman–Crippen LogP) is 1.51. The van der Waals surface area contributed by atoms with Crippen LogP contribution in [0.5, 0.6) is 0 Å². The van der Waals surface area contributed by atoms with E-state index in [-0.39, 0.29) is 0 Å². The molecule has 1 N–H and O–H groups in total. The Balaban J connectivity index is 4.35. The molecule has 0 unspecified atom stereocenters. The van der Waals surface area contributed by atoms with Gasteiger partial charge in [0, 0.05) is 0 Å². The van der Waals surface area contributed by atoms with E-state index in [0.717, 1.165) is 0 Å². The van der Waals surface area contributed by atoms with E-state index in [1.807, 2.05) is 0 Å². The van der Waals surface area contributed by atoms with Gasteiger partial charge in [-0.25, -0.2) is 13.2 Å². The number of aliphatic hydroxyl groups excluding tert-OH is 1. The molecule has 0 saturated heterocycles. The van der Waals surface area contributed by atoms with Gasteiger partial charge in [-0.05, 0) is 0 Å². The second kappa shape index (κ2) is 2.88. The van der Waals surface area contributed by atoms with Gasteiger partial charge in [0.15, 0.2) is 0 Å². The van der Waals surface area contributed by atoms with Gasteiger partial charge >= 0.3 is 12.1 Å². The smallest absolute Gasteiger partial charge is 0.390 e. The first-order valence-corrected chi connectivity index (χ1v) is 2.41. The van der Waals surface area contributed by atoms with Crippen LogP contribution in [-0.2, 0) is 0 Å². The van der Waals surface area contributed by atoms with Crippen molar-refractivity contribution in [3.05, 3.63) is 0 Å². The summed E-state index contributed by atoms with van der Waals surface area (Å²) < 4.78 is 68.5. The minimum Gasteiger partial charge on any atom is -0.390 e. The zero-order valence-corrected chi connectivity index (χ0v) is 5.00. The van der Waals surface area contributed by atoms with E-state index in [4.69, 9.17) is 5.11 Å². The Morgan fingerprint density at radius 3 is 1.55 bits per heavy atom. The average molecular weight is 182 g/mol. The molecule has 68 valence electrons. The molecular weight excluding hydrogens is 178 g/mol. The molecule has 1 atom stereocenters. The van der Waals surface area contributed by atoms with Gasteiger partial charge in [0.2, 0.25) is 0 Å². The summed E-state index contributed by atoms with van der Waals surface area (Å²) in [6.45, 7) is -2.16. The quantitative estimate of drug-likeness (QED) is 0.642. The molecule has 0 rings (SSSR count). The van der Waals surface area contributed by atoms with Crippen LogP contribution in [0.25, 0.3) is 0 Å². The summed E-state index contributed by atoms with van der Waals surface area (Å²) >= 11 is 0. The van der Waals surface area contributed by atoms with Crippen molar-refractivity contribution in [2.75, 3.05) is 6.61 Å². The van der Waals surface area contributed by atoms with E-state index in [2.05, 4.69) is 0 Å². The third-order valence-corrected chi connectivity index (χ3v) is 0.869. The molecule has 0 heterocycles. The molecule has 0 aromatic carbocycles. The number of halogens is 6. The van der Waals surface area contributed by atoms with Crippen molar-refractivity contribution in [1.82, 2.24) is 0 Å². The Morgan fingerprint density at radius 2 is 1.45 bits per heavy atom. The maximum Gasteiger partial charge on any atom is 0.425 e. The molecule has 0 spiro atoms. The van der Waals surface area contributed by atoms with Crippen molar-refractivity contribution < 1.29 is 31.4 Å². The zero-order chi connectivity index (χ0) is 9.28. The lowest BCUT2D eigenvalue weighted by molar-refractivity contribution is -0.251. The molecule has 0 aliphatic carbocycles. The van der Waals surface area contributed by atoms with E-state index in [9.17, 15) is 26.3 Å². The largest absolute Gasteiger partial charge is 0.425 e. The van der Waals surface area contributed by atoms with Gasteiger partial charge in [-0.2, -0.15) is 13.2 Å². The summed E-state index contributed by atoms with van der Waals surface area (Å²) in [5.41, 5.74) is 0. The highest BCUT2D eigenvalue weighted by molar-refractivity contribution is 4.81. The van der Waals surface area contributed by atoms with Crippen LogP contribution in [0.4, 0.5) is 26.3 Å². The fourth-order valence-corrected chi connectivity index (χ4v) is 0.320. The molecule has 0 aromatic heterocycles. The Hall–Kier alpha value is -0.460. The van der Waals surface area contributed by atoms with E-state index in [0.29, 0.717) is 0 Å². The van der Waals surface area contributed by atoms with Gasteiger partial charge in [0.1, 0.15) is 6.61 Å². The molecule has 0 saturated carbocycles. The Morgan fingerprint density at radius 1 is 1.09 bits per heavy atom. The molecular formula is C4H4F6O. The molecule has 0 amide bonds. The molecule has 0 bridgehead atoms. The third-order valence-electron chi connectivity index (χ3n) is 0.869. The van der Waals surface area contributed by atoms with E-state index < -0.39 is 24.9 Å². The van der Waals surface area contributed by atoms with Crippen LogP contribution < -0.4 is 0 Å². The van der Waals surface area contributed by atoms with Crippen molar-refractivity contribution in [1.29, 1.82) is 0 Å². The number of alkyl halides is 6. The lowest BCUT2D eigenvalue weighted by atomic mass is 10.2. The van der Waals surface area contributed by atoms with Gasteiger partial charge in [0.25, 0.3) is 6.17 Å². The van der Waals surface area contributed by atoms with Crippen LogP contribution in [0.1, 0.15) is 0 Å². The van der Waals surface area contributed by atoms with Crippen LogP contribution >= 0.6 is 0 Å². The lowest BCUT2D eigenvalue weighted by Gasteiger charge is -2.19. The first-order valence-electron chi connectivity index (χ1n) is 2.41. The molecule has 0 fully saturated rings. The highest BCUT2D eigenvalue weighted by Gasteiger charge is 2.56. The van der Waals surface area contributed by atoms with Gasteiger partial charge < -0.3 is 5.11 Å². The lowest BCUT2D eigenvalue weighted by Crippen LogP contribution is -2.44. The molecule has 0 aliphatic rings. The molecule has 0 radical (unpaired) electrons. The molecule has 0 aliphatic heterocycles. The summed E-state index contributed by atoms with van der Waals surface area (Å²) in [5.74, 6) is -4.75. The summed E-state index contributed by atoms with van der Waals surface area (Å²) in [6, 6.07) is 0.